The summed E-state index contributed by atoms with van der Waals surface area (Å²) in [7, 11) is 2.20. The van der Waals surface area contributed by atoms with Crippen LogP contribution in [0.3, 0.4) is 0 Å². The molecule has 1 aromatic carbocycles. The lowest BCUT2D eigenvalue weighted by Gasteiger charge is -2.32. The number of benzene rings is 1. The summed E-state index contributed by atoms with van der Waals surface area (Å²) in [5, 5.41) is 4.23. The maximum atomic E-state index is 6.15. The molecule has 0 aromatic heterocycles. The molecule has 1 fully saturated rings. The zero-order chi connectivity index (χ0) is 12.3. The van der Waals surface area contributed by atoms with Gasteiger partial charge in [-0.05, 0) is 44.6 Å². The van der Waals surface area contributed by atoms with E-state index in [-0.39, 0.29) is 0 Å². The lowest BCUT2D eigenvalue weighted by atomic mass is 10.0. The van der Waals surface area contributed by atoms with E-state index < -0.39 is 0 Å². The van der Waals surface area contributed by atoms with Crippen molar-refractivity contribution in [2.45, 2.75) is 25.3 Å². The third kappa shape index (κ3) is 3.60. The van der Waals surface area contributed by atoms with Gasteiger partial charge in [0.05, 0.1) is 10.7 Å². The van der Waals surface area contributed by atoms with Gasteiger partial charge in [0, 0.05) is 17.1 Å². The third-order valence-corrected chi connectivity index (χ3v) is 4.20. The number of halogens is 2. The molecule has 0 bridgehead atoms. The van der Waals surface area contributed by atoms with Gasteiger partial charge in [-0.2, -0.15) is 0 Å². The lowest BCUT2D eigenvalue weighted by Crippen LogP contribution is -2.40. The summed E-state index contributed by atoms with van der Waals surface area (Å²) < 4.78 is 1.06. The van der Waals surface area contributed by atoms with E-state index in [0.29, 0.717) is 6.04 Å². The third-order valence-electron chi connectivity index (χ3n) is 3.38. The van der Waals surface area contributed by atoms with E-state index in [4.69, 9.17) is 11.6 Å². The van der Waals surface area contributed by atoms with Crippen molar-refractivity contribution in [2.24, 2.45) is 0 Å². The molecule has 0 amide bonds. The minimum atomic E-state index is 0.624. The predicted molar refractivity (Wildman–Crippen MR) is 77.9 cm³/mol. The highest BCUT2D eigenvalue weighted by atomic mass is 79.9. The van der Waals surface area contributed by atoms with Crippen molar-refractivity contribution in [1.29, 1.82) is 0 Å². The number of nitrogens with zero attached hydrogens (tertiary/aromatic N) is 1. The van der Waals surface area contributed by atoms with Crippen LogP contribution < -0.4 is 5.32 Å². The Kier molecular flexibility index (Phi) is 4.71. The largest absolute Gasteiger partial charge is 0.382 e. The SMILES string of the molecule is CN1CCCCC1CNc1cc(Br)ccc1Cl. The van der Waals surface area contributed by atoms with Crippen LogP contribution in [0, 0.1) is 0 Å². The van der Waals surface area contributed by atoms with Crippen molar-refractivity contribution in [3.05, 3.63) is 27.7 Å². The number of hydrogen-bond donors (Lipinski definition) is 1. The van der Waals surface area contributed by atoms with Crippen LogP contribution in [0.4, 0.5) is 5.69 Å². The molecule has 1 aliphatic heterocycles. The van der Waals surface area contributed by atoms with Crippen LogP contribution >= 0.6 is 27.5 Å². The molecule has 0 saturated carbocycles. The minimum Gasteiger partial charge on any atom is -0.382 e. The fraction of sp³-hybridized carbons (Fsp3) is 0.538. The van der Waals surface area contributed by atoms with Gasteiger partial charge in [-0.25, -0.2) is 0 Å². The summed E-state index contributed by atoms with van der Waals surface area (Å²) >= 11 is 9.62. The Morgan fingerprint density at radius 2 is 2.29 bits per heavy atom. The highest BCUT2D eigenvalue weighted by molar-refractivity contribution is 9.10. The Labute approximate surface area is 116 Å². The van der Waals surface area contributed by atoms with E-state index in [0.717, 1.165) is 21.7 Å². The second kappa shape index (κ2) is 6.07. The van der Waals surface area contributed by atoms with Crippen molar-refractivity contribution in [3.8, 4) is 0 Å². The topological polar surface area (TPSA) is 15.3 Å². The molecule has 4 heteroatoms. The monoisotopic (exact) mass is 316 g/mol. The molecular weight excluding hydrogens is 300 g/mol. The Morgan fingerprint density at radius 3 is 3.06 bits per heavy atom. The van der Waals surface area contributed by atoms with E-state index >= 15 is 0 Å². The summed E-state index contributed by atoms with van der Waals surface area (Å²) in [6.07, 6.45) is 3.93. The number of likely N-dealkylation sites (tertiary alicyclic amines) is 1. The molecule has 1 saturated heterocycles. The summed E-state index contributed by atoms with van der Waals surface area (Å²) in [6, 6.07) is 6.53. The van der Waals surface area contributed by atoms with E-state index in [1.807, 2.05) is 18.2 Å². The van der Waals surface area contributed by atoms with E-state index in [1.54, 1.807) is 0 Å². The van der Waals surface area contributed by atoms with Crippen molar-refractivity contribution < 1.29 is 0 Å². The Balaban J connectivity index is 1.94. The quantitative estimate of drug-likeness (QED) is 0.906. The van der Waals surface area contributed by atoms with Gasteiger partial charge in [-0.3, -0.25) is 0 Å². The molecule has 0 radical (unpaired) electrons. The Hall–Kier alpha value is -0.250. The van der Waals surface area contributed by atoms with Crippen molar-refractivity contribution >= 4 is 33.2 Å². The van der Waals surface area contributed by atoms with Crippen LogP contribution in [0.1, 0.15) is 19.3 Å². The molecule has 1 heterocycles. The van der Waals surface area contributed by atoms with Crippen LogP contribution in [0.5, 0.6) is 0 Å². The van der Waals surface area contributed by atoms with Crippen LogP contribution in [-0.4, -0.2) is 31.1 Å². The number of anilines is 1. The smallest absolute Gasteiger partial charge is 0.0638 e. The Bertz CT molecular complexity index is 384. The van der Waals surface area contributed by atoms with Crippen LogP contribution in [0.2, 0.25) is 5.02 Å². The van der Waals surface area contributed by atoms with Crippen LogP contribution in [0.15, 0.2) is 22.7 Å². The highest BCUT2D eigenvalue weighted by Gasteiger charge is 2.18. The lowest BCUT2D eigenvalue weighted by molar-refractivity contribution is 0.194. The fourth-order valence-electron chi connectivity index (χ4n) is 2.26. The van der Waals surface area contributed by atoms with Gasteiger partial charge in [-0.1, -0.05) is 34.0 Å². The summed E-state index contributed by atoms with van der Waals surface area (Å²) in [5.74, 6) is 0. The second-order valence-corrected chi connectivity index (χ2v) is 5.96. The zero-order valence-corrected chi connectivity index (χ0v) is 12.4. The molecule has 2 nitrogen and oxygen atoms in total. The minimum absolute atomic E-state index is 0.624. The van der Waals surface area contributed by atoms with Gasteiger partial charge >= 0.3 is 0 Å². The molecule has 0 aliphatic carbocycles. The summed E-state index contributed by atoms with van der Waals surface area (Å²) in [6.45, 7) is 2.17. The van der Waals surface area contributed by atoms with Crippen LogP contribution in [0.25, 0.3) is 0 Å². The predicted octanol–water partition coefficient (Wildman–Crippen LogP) is 4.00. The first-order valence-corrected chi connectivity index (χ1v) is 7.23. The zero-order valence-electron chi connectivity index (χ0n) is 10.0. The number of piperidine rings is 1. The normalized spacial score (nSPS) is 21.5. The van der Waals surface area contributed by atoms with E-state index in [9.17, 15) is 0 Å². The average molecular weight is 318 g/mol. The molecule has 1 unspecified atom stereocenters. The van der Waals surface area contributed by atoms with E-state index in [2.05, 4.69) is 33.2 Å². The van der Waals surface area contributed by atoms with Crippen molar-refractivity contribution in [3.63, 3.8) is 0 Å². The molecule has 17 heavy (non-hydrogen) atoms. The first-order chi connectivity index (χ1) is 8.16. The van der Waals surface area contributed by atoms with E-state index in [1.165, 1.54) is 25.8 Å². The van der Waals surface area contributed by atoms with Gasteiger partial charge in [0.1, 0.15) is 0 Å². The fourth-order valence-corrected chi connectivity index (χ4v) is 2.81. The summed E-state index contributed by atoms with van der Waals surface area (Å²) in [5.41, 5.74) is 1.01. The highest BCUT2D eigenvalue weighted by Crippen LogP contribution is 2.26. The number of hydrogen-bond acceptors (Lipinski definition) is 2. The van der Waals surface area contributed by atoms with Crippen LogP contribution in [-0.2, 0) is 0 Å². The molecule has 1 N–H and O–H groups in total. The van der Waals surface area contributed by atoms with Gasteiger partial charge in [0.25, 0.3) is 0 Å². The average Bonchev–Trinajstić information content (AvgIpc) is 2.32. The van der Waals surface area contributed by atoms with Gasteiger partial charge in [0.15, 0.2) is 0 Å². The maximum Gasteiger partial charge on any atom is 0.0638 e. The summed E-state index contributed by atoms with van der Waals surface area (Å²) in [4.78, 5) is 2.43. The first kappa shape index (κ1) is 13.2. The van der Waals surface area contributed by atoms with Gasteiger partial charge in [-0.15, -0.1) is 0 Å². The molecule has 0 spiro atoms. The maximum absolute atomic E-state index is 6.15. The van der Waals surface area contributed by atoms with Crippen molar-refractivity contribution in [1.82, 2.24) is 4.90 Å². The number of rotatable bonds is 3. The first-order valence-electron chi connectivity index (χ1n) is 6.06. The van der Waals surface area contributed by atoms with Gasteiger partial charge in [0.2, 0.25) is 0 Å². The molecule has 94 valence electrons. The molecule has 2 rings (SSSR count). The number of likely N-dealkylation sites (N-methyl/N-ethyl adjacent to an activating group) is 1. The molecule has 1 aliphatic rings. The Morgan fingerprint density at radius 1 is 1.47 bits per heavy atom. The molecule has 1 atom stereocenters. The standard InChI is InChI=1S/C13H18BrClN2/c1-17-7-3-2-4-11(17)9-16-13-8-10(14)5-6-12(13)15/h5-6,8,11,16H,2-4,7,9H2,1H3. The molecule has 1 aromatic rings. The van der Waals surface area contributed by atoms with Gasteiger partial charge < -0.3 is 10.2 Å². The van der Waals surface area contributed by atoms with Crippen molar-refractivity contribution in [2.75, 3.05) is 25.5 Å². The second-order valence-electron chi connectivity index (χ2n) is 4.64. The number of nitrogens with one attached hydrogen (secondary N) is 1. The molecular formula is C13H18BrClN2.